The predicted octanol–water partition coefficient (Wildman–Crippen LogP) is 3.29. The van der Waals surface area contributed by atoms with Gasteiger partial charge in [-0.15, -0.1) is 0 Å². The standard InChI is InChI=1S/C13H17BrFNO/c1-9(2)5-6-16-13(17)8-10-7-11(14)3-4-12(10)15/h3-4,7,9H,5-6,8H2,1-2H3,(H,16,17). The SMILES string of the molecule is CC(C)CCNC(=O)Cc1cc(Br)ccc1F. The Morgan fingerprint density at radius 2 is 2.18 bits per heavy atom. The number of amides is 1. The summed E-state index contributed by atoms with van der Waals surface area (Å²) in [6, 6.07) is 4.62. The number of hydrogen-bond donors (Lipinski definition) is 1. The second-order valence-electron chi connectivity index (χ2n) is 4.44. The Morgan fingerprint density at radius 1 is 1.47 bits per heavy atom. The van der Waals surface area contributed by atoms with Crippen molar-refractivity contribution in [3.05, 3.63) is 34.1 Å². The Labute approximate surface area is 110 Å². The summed E-state index contributed by atoms with van der Waals surface area (Å²) >= 11 is 3.26. The van der Waals surface area contributed by atoms with Gasteiger partial charge in [0.2, 0.25) is 5.91 Å². The van der Waals surface area contributed by atoms with Gasteiger partial charge in [0.1, 0.15) is 5.82 Å². The summed E-state index contributed by atoms with van der Waals surface area (Å²) in [4.78, 5) is 11.6. The molecule has 0 radical (unpaired) electrons. The van der Waals surface area contributed by atoms with E-state index in [1.54, 1.807) is 12.1 Å². The number of halogens is 2. The fraction of sp³-hybridized carbons (Fsp3) is 0.462. The van der Waals surface area contributed by atoms with Crippen LogP contribution in [-0.4, -0.2) is 12.5 Å². The minimum absolute atomic E-state index is 0.0867. The van der Waals surface area contributed by atoms with E-state index in [4.69, 9.17) is 0 Å². The molecule has 1 aromatic carbocycles. The highest BCUT2D eigenvalue weighted by Crippen LogP contribution is 2.15. The predicted molar refractivity (Wildman–Crippen MR) is 70.3 cm³/mol. The lowest BCUT2D eigenvalue weighted by molar-refractivity contribution is -0.120. The van der Waals surface area contributed by atoms with Crippen LogP contribution < -0.4 is 5.32 Å². The number of rotatable bonds is 5. The quantitative estimate of drug-likeness (QED) is 0.888. The Balaban J connectivity index is 2.47. The molecule has 0 bridgehead atoms. The molecule has 0 aromatic heterocycles. The first-order chi connectivity index (χ1) is 7.99. The van der Waals surface area contributed by atoms with E-state index in [2.05, 4.69) is 35.1 Å². The third-order valence-electron chi connectivity index (χ3n) is 2.40. The van der Waals surface area contributed by atoms with Gasteiger partial charge >= 0.3 is 0 Å². The zero-order valence-corrected chi connectivity index (χ0v) is 11.7. The van der Waals surface area contributed by atoms with Crippen LogP contribution in [0, 0.1) is 11.7 Å². The van der Waals surface area contributed by atoms with Crippen molar-refractivity contribution in [1.82, 2.24) is 5.32 Å². The summed E-state index contributed by atoms with van der Waals surface area (Å²) in [5.74, 6) is 0.0766. The summed E-state index contributed by atoms with van der Waals surface area (Å²) in [5.41, 5.74) is 0.418. The zero-order chi connectivity index (χ0) is 12.8. The van der Waals surface area contributed by atoms with Gasteiger partial charge < -0.3 is 5.32 Å². The maximum Gasteiger partial charge on any atom is 0.224 e. The third-order valence-corrected chi connectivity index (χ3v) is 2.90. The van der Waals surface area contributed by atoms with Gasteiger partial charge in [0.05, 0.1) is 6.42 Å². The molecular weight excluding hydrogens is 285 g/mol. The Morgan fingerprint density at radius 3 is 2.82 bits per heavy atom. The van der Waals surface area contributed by atoms with Crippen molar-refractivity contribution in [3.8, 4) is 0 Å². The highest BCUT2D eigenvalue weighted by Gasteiger charge is 2.08. The summed E-state index contributed by atoms with van der Waals surface area (Å²) in [7, 11) is 0. The molecule has 0 aliphatic carbocycles. The van der Waals surface area contributed by atoms with Crippen LogP contribution in [0.15, 0.2) is 22.7 Å². The van der Waals surface area contributed by atoms with Crippen LogP contribution in [-0.2, 0) is 11.2 Å². The number of benzene rings is 1. The second kappa shape index (κ2) is 6.74. The minimum atomic E-state index is -0.341. The fourth-order valence-electron chi connectivity index (χ4n) is 1.41. The van der Waals surface area contributed by atoms with Gasteiger partial charge in [0.15, 0.2) is 0 Å². The maximum absolute atomic E-state index is 13.4. The van der Waals surface area contributed by atoms with Crippen LogP contribution in [0.2, 0.25) is 0 Å². The monoisotopic (exact) mass is 301 g/mol. The first-order valence-corrected chi connectivity index (χ1v) is 6.49. The lowest BCUT2D eigenvalue weighted by Gasteiger charge is -2.08. The summed E-state index contributed by atoms with van der Waals surface area (Å²) < 4.78 is 14.2. The molecule has 0 unspecified atom stereocenters. The van der Waals surface area contributed by atoms with Crippen LogP contribution in [0.1, 0.15) is 25.8 Å². The number of hydrogen-bond acceptors (Lipinski definition) is 1. The molecule has 0 aliphatic rings. The molecule has 0 saturated heterocycles. The zero-order valence-electron chi connectivity index (χ0n) is 10.1. The van der Waals surface area contributed by atoms with E-state index in [1.807, 2.05) is 0 Å². The number of carbonyl (C=O) groups is 1. The van der Waals surface area contributed by atoms with Crippen LogP contribution in [0.25, 0.3) is 0 Å². The molecule has 0 saturated carbocycles. The molecule has 0 heterocycles. The Hall–Kier alpha value is -0.900. The van der Waals surface area contributed by atoms with Gasteiger partial charge in [-0.2, -0.15) is 0 Å². The van der Waals surface area contributed by atoms with Crippen molar-refractivity contribution < 1.29 is 9.18 Å². The molecule has 2 nitrogen and oxygen atoms in total. The van der Waals surface area contributed by atoms with Crippen molar-refractivity contribution in [3.63, 3.8) is 0 Å². The number of nitrogens with one attached hydrogen (secondary N) is 1. The van der Waals surface area contributed by atoms with E-state index in [9.17, 15) is 9.18 Å². The molecule has 0 aliphatic heterocycles. The van der Waals surface area contributed by atoms with Gasteiger partial charge in [0.25, 0.3) is 0 Å². The molecule has 0 spiro atoms. The number of carbonyl (C=O) groups excluding carboxylic acids is 1. The molecule has 4 heteroatoms. The first-order valence-electron chi connectivity index (χ1n) is 5.69. The minimum Gasteiger partial charge on any atom is -0.356 e. The largest absolute Gasteiger partial charge is 0.356 e. The highest BCUT2D eigenvalue weighted by atomic mass is 79.9. The van der Waals surface area contributed by atoms with E-state index in [0.717, 1.165) is 10.9 Å². The molecule has 17 heavy (non-hydrogen) atoms. The highest BCUT2D eigenvalue weighted by molar-refractivity contribution is 9.10. The van der Waals surface area contributed by atoms with Crippen molar-refractivity contribution in [2.75, 3.05) is 6.54 Å². The second-order valence-corrected chi connectivity index (χ2v) is 5.36. The van der Waals surface area contributed by atoms with E-state index in [1.165, 1.54) is 6.07 Å². The summed E-state index contributed by atoms with van der Waals surface area (Å²) in [5, 5.41) is 2.79. The Bertz CT molecular complexity index is 393. The van der Waals surface area contributed by atoms with Gasteiger partial charge in [0, 0.05) is 11.0 Å². The van der Waals surface area contributed by atoms with Crippen LogP contribution in [0.5, 0.6) is 0 Å². The van der Waals surface area contributed by atoms with Crippen molar-refractivity contribution in [2.24, 2.45) is 5.92 Å². The normalized spacial score (nSPS) is 10.6. The van der Waals surface area contributed by atoms with Crippen molar-refractivity contribution in [2.45, 2.75) is 26.7 Å². The summed E-state index contributed by atoms with van der Waals surface area (Å²) in [6.45, 7) is 4.84. The van der Waals surface area contributed by atoms with E-state index >= 15 is 0 Å². The lowest BCUT2D eigenvalue weighted by Crippen LogP contribution is -2.27. The van der Waals surface area contributed by atoms with Crippen LogP contribution in [0.3, 0.4) is 0 Å². The molecule has 0 atom stereocenters. The molecular formula is C13H17BrFNO. The van der Waals surface area contributed by atoms with E-state index in [-0.39, 0.29) is 18.1 Å². The topological polar surface area (TPSA) is 29.1 Å². The van der Waals surface area contributed by atoms with Crippen LogP contribution >= 0.6 is 15.9 Å². The molecule has 1 aromatic rings. The molecule has 1 rings (SSSR count). The van der Waals surface area contributed by atoms with E-state index < -0.39 is 0 Å². The van der Waals surface area contributed by atoms with Gasteiger partial charge in [-0.1, -0.05) is 29.8 Å². The fourth-order valence-corrected chi connectivity index (χ4v) is 1.82. The third kappa shape index (κ3) is 5.31. The first kappa shape index (κ1) is 14.2. The molecule has 1 N–H and O–H groups in total. The van der Waals surface area contributed by atoms with Gasteiger partial charge in [-0.25, -0.2) is 4.39 Å². The average molecular weight is 302 g/mol. The molecule has 1 amide bonds. The van der Waals surface area contributed by atoms with E-state index in [0.29, 0.717) is 18.0 Å². The smallest absolute Gasteiger partial charge is 0.224 e. The maximum atomic E-state index is 13.4. The average Bonchev–Trinajstić information content (AvgIpc) is 2.23. The Kier molecular flexibility index (Phi) is 5.62. The lowest BCUT2D eigenvalue weighted by atomic mass is 10.1. The summed E-state index contributed by atoms with van der Waals surface area (Å²) in [6.07, 6.45) is 1.02. The van der Waals surface area contributed by atoms with Crippen molar-refractivity contribution in [1.29, 1.82) is 0 Å². The molecule has 0 fully saturated rings. The van der Waals surface area contributed by atoms with Gasteiger partial charge in [-0.3, -0.25) is 4.79 Å². The van der Waals surface area contributed by atoms with Crippen molar-refractivity contribution >= 4 is 21.8 Å². The van der Waals surface area contributed by atoms with Gasteiger partial charge in [-0.05, 0) is 36.1 Å². The van der Waals surface area contributed by atoms with Crippen LogP contribution in [0.4, 0.5) is 4.39 Å². The molecule has 94 valence electrons.